The first-order valence-electron chi connectivity index (χ1n) is 46.4. The first-order chi connectivity index (χ1) is 57.2. The maximum absolute atomic E-state index is 13.1. The number of carbonyl (C=O) groups is 3. The van der Waals surface area contributed by atoms with Gasteiger partial charge in [0.15, 0.2) is 6.10 Å². The highest BCUT2D eigenvalue weighted by atomic mass is 31.2. The van der Waals surface area contributed by atoms with E-state index in [1.165, 1.54) is 141 Å². The summed E-state index contributed by atoms with van der Waals surface area (Å²) in [6.45, 7) is 2.45. The lowest BCUT2D eigenvalue weighted by atomic mass is 10.0. The molecular formula is C99H168O16P2. The summed E-state index contributed by atoms with van der Waals surface area (Å²) in [7, 11) is -9.82. The highest BCUT2D eigenvalue weighted by molar-refractivity contribution is 7.47. The van der Waals surface area contributed by atoms with E-state index in [4.69, 9.17) is 32.3 Å². The Morgan fingerprint density at radius 3 is 0.718 bits per heavy atom. The number of phosphoric ester groups is 2. The van der Waals surface area contributed by atoms with Crippen LogP contribution >= 0.6 is 15.6 Å². The molecule has 0 aliphatic heterocycles. The van der Waals surface area contributed by atoms with Gasteiger partial charge in [-0.05, 0) is 154 Å². The molecule has 117 heavy (non-hydrogen) atoms. The second-order valence-corrected chi connectivity index (χ2v) is 33.6. The average Bonchev–Trinajstić information content (AvgIpc) is 0.899. The smallest absolute Gasteiger partial charge is 0.463 e. The van der Waals surface area contributed by atoms with E-state index in [1.54, 1.807) is 0 Å². The second kappa shape index (κ2) is 90.2. The molecule has 0 amide bonds. The molecule has 4 N–H and O–H groups in total. The number of hydrogen-bond acceptors (Lipinski definition) is 14. The summed E-state index contributed by atoms with van der Waals surface area (Å²) < 4.78 is 61.5. The van der Waals surface area contributed by atoms with Crippen molar-refractivity contribution in [1.29, 1.82) is 0 Å². The molecular weight excluding hydrogens is 1510 g/mol. The van der Waals surface area contributed by atoms with Crippen molar-refractivity contribution < 1.29 is 75.8 Å². The number of ether oxygens (including phenoxy) is 3. The summed E-state index contributed by atoms with van der Waals surface area (Å²) in [4.78, 5) is 59.0. The van der Waals surface area contributed by atoms with E-state index in [1.807, 2.05) is 0 Å². The average molecular weight is 1680 g/mol. The molecule has 0 rings (SSSR count). The first-order valence-corrected chi connectivity index (χ1v) is 49.4. The molecule has 5 unspecified atom stereocenters. The fraction of sp³-hybridized carbons (Fsp3) is 0.687. The van der Waals surface area contributed by atoms with Gasteiger partial charge in [0.25, 0.3) is 0 Å². The molecule has 670 valence electrons. The molecule has 0 spiro atoms. The van der Waals surface area contributed by atoms with Crippen LogP contribution in [0.5, 0.6) is 0 Å². The van der Waals surface area contributed by atoms with Crippen LogP contribution in [0, 0.1) is 0 Å². The Hall–Kier alpha value is -5.09. The molecule has 5 atom stereocenters. The minimum absolute atomic E-state index is 0.0854. The standard InChI is InChI=1S/C99H168O16P2/c1-4-7-10-13-16-19-22-25-28-31-34-36-38-40-42-44-45-46-47-49-51-52-54-56-59-61-64-67-70-73-76-79-82-85-97(102)109-88-94(100)89-111-116(105,106)112-90-95(101)91-113-117(107,108)114-93-96(115-99(104)87-84-81-78-75-72-69-66-63-58-33-30-27-24-21-18-15-12-9-6-3)92-110-98(103)86-83-80-77-74-71-68-65-62-60-57-55-53-50-48-43-41-39-37-35-32-29-26-23-20-17-14-11-8-5-2/h7-8,10-11,16-21,25-30,34-37,40-43,50,53,58,63,94-96,100-101H,4-6,9,12-15,22-24,31-33,38-39,44-49,51-52,54-57,59-62,64-93H2,1-3H3,(H,105,106)(H,107,108)/b10-7-,11-8-,19-16-,20-17-,21-18-,28-25-,29-26-,30-27-,36-34-,37-35-,42-40-,43-41-,53-50-,63-58-. The van der Waals surface area contributed by atoms with Gasteiger partial charge in [-0.2, -0.15) is 0 Å². The van der Waals surface area contributed by atoms with Gasteiger partial charge in [-0.25, -0.2) is 9.13 Å². The second-order valence-electron chi connectivity index (χ2n) is 30.7. The van der Waals surface area contributed by atoms with Crippen molar-refractivity contribution in [2.75, 3.05) is 39.6 Å². The van der Waals surface area contributed by atoms with Crippen molar-refractivity contribution in [2.45, 2.75) is 399 Å². The normalized spacial score (nSPS) is 14.6. The maximum atomic E-state index is 13.1. The van der Waals surface area contributed by atoms with Gasteiger partial charge in [0.1, 0.15) is 25.4 Å². The number of phosphoric acid groups is 2. The Balaban J connectivity index is 4.55. The van der Waals surface area contributed by atoms with E-state index in [0.717, 1.165) is 180 Å². The van der Waals surface area contributed by atoms with Crippen LogP contribution in [0.4, 0.5) is 0 Å². The van der Waals surface area contributed by atoms with E-state index in [2.05, 4.69) is 191 Å². The predicted octanol–water partition coefficient (Wildman–Crippen LogP) is 28.7. The summed E-state index contributed by atoms with van der Waals surface area (Å²) in [6, 6.07) is 0. The van der Waals surface area contributed by atoms with Gasteiger partial charge in [-0.3, -0.25) is 32.5 Å². The topological polar surface area (TPSA) is 231 Å². The Morgan fingerprint density at radius 2 is 0.453 bits per heavy atom. The summed E-state index contributed by atoms with van der Waals surface area (Å²) in [6.07, 6.45) is 117. The van der Waals surface area contributed by atoms with Gasteiger partial charge >= 0.3 is 33.6 Å². The third-order valence-corrected chi connectivity index (χ3v) is 21.3. The van der Waals surface area contributed by atoms with Crippen LogP contribution in [0.25, 0.3) is 0 Å². The Labute approximate surface area is 713 Å². The molecule has 0 aromatic carbocycles. The molecule has 0 fully saturated rings. The molecule has 18 heteroatoms. The molecule has 0 radical (unpaired) electrons. The third-order valence-electron chi connectivity index (χ3n) is 19.4. The van der Waals surface area contributed by atoms with E-state index in [-0.39, 0.29) is 19.3 Å². The number of allylic oxidation sites excluding steroid dienone is 28. The lowest BCUT2D eigenvalue weighted by Crippen LogP contribution is -2.30. The Bertz CT molecular complexity index is 2810. The summed E-state index contributed by atoms with van der Waals surface area (Å²) in [5, 5.41) is 20.7. The maximum Gasteiger partial charge on any atom is 0.472 e. The number of esters is 3. The summed E-state index contributed by atoms with van der Waals surface area (Å²) in [5.74, 6) is -1.59. The SMILES string of the molecule is CC/C=C\C/C=C\C/C=C\C/C=C\C/C=C\C/C=C\CCCCCCCCCCCCC(=O)OCC(COP(=O)(O)OCC(O)COP(=O)(O)OCC(O)COC(=O)CCCCCCCCCCCCCCCCCCC/C=C\C/C=C\C/C=C\C/C=C\C/C=C\CC)OC(=O)CCCCCCCC/C=C\C/C=C\C/C=C\CCCCC. The highest BCUT2D eigenvalue weighted by Gasteiger charge is 2.29. The van der Waals surface area contributed by atoms with Crippen molar-refractivity contribution in [3.8, 4) is 0 Å². The van der Waals surface area contributed by atoms with E-state index in [9.17, 15) is 43.5 Å². The monoisotopic (exact) mass is 1680 g/mol. The predicted molar refractivity (Wildman–Crippen MR) is 491 cm³/mol. The Kier molecular flexibility index (Phi) is 86.2. The fourth-order valence-corrected chi connectivity index (χ4v) is 14.0. The van der Waals surface area contributed by atoms with Gasteiger partial charge < -0.3 is 34.2 Å². The van der Waals surface area contributed by atoms with Crippen LogP contribution in [-0.4, -0.2) is 95.9 Å². The van der Waals surface area contributed by atoms with Gasteiger partial charge in [0.2, 0.25) is 0 Å². The lowest BCUT2D eigenvalue weighted by molar-refractivity contribution is -0.161. The molecule has 0 saturated carbocycles. The van der Waals surface area contributed by atoms with Crippen molar-refractivity contribution >= 4 is 33.6 Å². The molecule has 0 bridgehead atoms. The number of carbonyl (C=O) groups excluding carboxylic acids is 3. The summed E-state index contributed by atoms with van der Waals surface area (Å²) in [5.41, 5.74) is 0. The molecule has 0 heterocycles. The molecule has 0 aliphatic rings. The van der Waals surface area contributed by atoms with Crippen molar-refractivity contribution in [3.63, 3.8) is 0 Å². The highest BCUT2D eigenvalue weighted by Crippen LogP contribution is 2.45. The Morgan fingerprint density at radius 1 is 0.248 bits per heavy atom. The van der Waals surface area contributed by atoms with Crippen molar-refractivity contribution in [2.24, 2.45) is 0 Å². The zero-order valence-corrected chi connectivity index (χ0v) is 75.6. The molecule has 0 saturated heterocycles. The van der Waals surface area contributed by atoms with Gasteiger partial charge in [0.05, 0.1) is 26.4 Å². The first kappa shape index (κ1) is 112. The van der Waals surface area contributed by atoms with Crippen LogP contribution in [0.15, 0.2) is 170 Å². The van der Waals surface area contributed by atoms with Crippen LogP contribution < -0.4 is 0 Å². The van der Waals surface area contributed by atoms with Gasteiger partial charge in [-0.15, -0.1) is 0 Å². The van der Waals surface area contributed by atoms with Gasteiger partial charge in [0, 0.05) is 19.3 Å². The quantitative estimate of drug-likeness (QED) is 0.0146. The fourth-order valence-electron chi connectivity index (χ4n) is 12.4. The van der Waals surface area contributed by atoms with E-state index >= 15 is 0 Å². The number of aliphatic hydroxyl groups excluding tert-OH is 2. The molecule has 16 nitrogen and oxygen atoms in total. The largest absolute Gasteiger partial charge is 0.472 e. The minimum atomic E-state index is -4.95. The number of hydrogen-bond donors (Lipinski definition) is 4. The van der Waals surface area contributed by atoms with E-state index < -0.39 is 91.5 Å². The number of aliphatic hydroxyl groups is 2. The van der Waals surface area contributed by atoms with Crippen LogP contribution in [0.1, 0.15) is 380 Å². The third kappa shape index (κ3) is 91.5. The zero-order valence-electron chi connectivity index (χ0n) is 73.8. The summed E-state index contributed by atoms with van der Waals surface area (Å²) >= 11 is 0. The van der Waals surface area contributed by atoms with Crippen molar-refractivity contribution in [3.05, 3.63) is 170 Å². The zero-order chi connectivity index (χ0) is 85.1. The van der Waals surface area contributed by atoms with Crippen LogP contribution in [-0.2, 0) is 55.8 Å². The molecule has 0 aliphatic carbocycles. The van der Waals surface area contributed by atoms with Crippen molar-refractivity contribution in [1.82, 2.24) is 0 Å². The number of rotatable bonds is 87. The van der Waals surface area contributed by atoms with E-state index in [0.29, 0.717) is 19.3 Å². The van der Waals surface area contributed by atoms with Gasteiger partial charge in [-0.1, -0.05) is 377 Å². The molecule has 0 aromatic rings. The molecule has 0 aromatic heterocycles. The van der Waals surface area contributed by atoms with Crippen LogP contribution in [0.2, 0.25) is 0 Å². The lowest BCUT2D eigenvalue weighted by Gasteiger charge is -2.21. The minimum Gasteiger partial charge on any atom is -0.463 e. The van der Waals surface area contributed by atoms with Crippen LogP contribution in [0.3, 0.4) is 0 Å². The number of unbranched alkanes of at least 4 members (excludes halogenated alkanes) is 36.